The van der Waals surface area contributed by atoms with Crippen LogP contribution in [0.5, 0.6) is 0 Å². The standard InChI is InChI=1S/C18H35N/c1-2-3-4-5-6-7-8-9-10-11-12-13-14-15-16-17-18-19/h17-18H,2-16H2,1H3. The molecule has 0 atom stereocenters. The molecule has 1 heteroatoms. The minimum absolute atomic E-state index is 1.04. The normalized spacial score (nSPS) is 11.4. The van der Waals surface area contributed by atoms with Crippen LogP contribution in [0.1, 0.15) is 103 Å². The summed E-state index contributed by atoms with van der Waals surface area (Å²) in [7, 11) is 0. The first-order chi connectivity index (χ1) is 9.41. The Balaban J connectivity index is 2.91. The maximum absolute atomic E-state index is 8.49. The van der Waals surface area contributed by atoms with E-state index in [-0.39, 0.29) is 0 Å². The molecule has 0 aromatic rings. The van der Waals surface area contributed by atoms with Crippen LogP contribution >= 0.6 is 0 Å². The number of unbranched alkanes of at least 4 members (excludes halogenated alkanes) is 14. The molecule has 0 saturated heterocycles. The SMILES string of the molecule is CCCCCCCCCCCCCCCCC=C[N]. The van der Waals surface area contributed by atoms with Gasteiger partial charge in [-0.25, -0.2) is 0 Å². The zero-order valence-corrected chi connectivity index (χ0v) is 13.2. The molecular formula is C18H35N. The van der Waals surface area contributed by atoms with E-state index in [4.69, 9.17) is 5.73 Å². The third kappa shape index (κ3) is 17.5. The van der Waals surface area contributed by atoms with Crippen LogP contribution in [0.25, 0.3) is 0 Å². The van der Waals surface area contributed by atoms with Gasteiger partial charge in [-0.3, -0.25) is 0 Å². The van der Waals surface area contributed by atoms with Gasteiger partial charge in [-0.15, -0.1) is 0 Å². The van der Waals surface area contributed by atoms with Gasteiger partial charge in [0.1, 0.15) is 0 Å². The zero-order chi connectivity index (χ0) is 14.0. The molecule has 112 valence electrons. The molecule has 0 fully saturated rings. The summed E-state index contributed by atoms with van der Waals surface area (Å²) in [5.41, 5.74) is 8.49. The van der Waals surface area contributed by atoms with Crippen LogP contribution in [-0.4, -0.2) is 0 Å². The van der Waals surface area contributed by atoms with Gasteiger partial charge < -0.3 is 0 Å². The van der Waals surface area contributed by atoms with E-state index in [2.05, 4.69) is 6.92 Å². The lowest BCUT2D eigenvalue weighted by atomic mass is 10.0. The number of allylic oxidation sites excluding steroid dienone is 1. The number of hydrogen-bond acceptors (Lipinski definition) is 0. The average molecular weight is 265 g/mol. The Hall–Kier alpha value is -0.460. The summed E-state index contributed by atoms with van der Waals surface area (Å²) in [5, 5.41) is 0. The van der Waals surface area contributed by atoms with Crippen molar-refractivity contribution in [1.29, 1.82) is 0 Å². The van der Waals surface area contributed by atoms with Crippen molar-refractivity contribution in [3.05, 3.63) is 12.3 Å². The molecule has 0 aromatic heterocycles. The van der Waals surface area contributed by atoms with Gasteiger partial charge in [-0.1, -0.05) is 96.5 Å². The van der Waals surface area contributed by atoms with Gasteiger partial charge in [0.15, 0.2) is 0 Å². The fraction of sp³-hybridized carbons (Fsp3) is 0.889. The highest BCUT2D eigenvalue weighted by atomic mass is 14.5. The van der Waals surface area contributed by atoms with E-state index in [0.717, 1.165) is 6.42 Å². The second-order valence-corrected chi connectivity index (χ2v) is 5.77. The summed E-state index contributed by atoms with van der Waals surface area (Å²) in [4.78, 5) is 0. The smallest absolute Gasteiger partial charge is 0.0455 e. The number of nitrogens with zero attached hydrogens (tertiary/aromatic N) is 1. The first kappa shape index (κ1) is 18.5. The minimum atomic E-state index is 1.04. The van der Waals surface area contributed by atoms with Crippen molar-refractivity contribution < 1.29 is 0 Å². The fourth-order valence-electron chi connectivity index (χ4n) is 2.53. The monoisotopic (exact) mass is 265 g/mol. The summed E-state index contributed by atoms with van der Waals surface area (Å²) in [5.74, 6) is 0. The predicted octanol–water partition coefficient (Wildman–Crippen LogP) is 6.44. The molecular weight excluding hydrogens is 230 g/mol. The largest absolute Gasteiger partial charge is 0.160 e. The molecule has 0 aliphatic carbocycles. The van der Waals surface area contributed by atoms with E-state index < -0.39 is 0 Å². The van der Waals surface area contributed by atoms with Gasteiger partial charge in [0.25, 0.3) is 0 Å². The molecule has 0 amide bonds. The zero-order valence-electron chi connectivity index (χ0n) is 13.2. The second kappa shape index (κ2) is 17.5. The van der Waals surface area contributed by atoms with Crippen LogP contribution in [-0.2, 0) is 0 Å². The van der Waals surface area contributed by atoms with Crippen molar-refractivity contribution in [1.82, 2.24) is 5.73 Å². The van der Waals surface area contributed by atoms with E-state index in [1.165, 1.54) is 96.1 Å². The number of rotatable bonds is 15. The maximum Gasteiger partial charge on any atom is 0.0455 e. The molecule has 2 radical (unpaired) electrons. The second-order valence-electron chi connectivity index (χ2n) is 5.77. The number of hydrogen-bond donors (Lipinski definition) is 0. The topological polar surface area (TPSA) is 22.3 Å². The van der Waals surface area contributed by atoms with Crippen LogP contribution in [0, 0.1) is 0 Å². The Morgan fingerprint density at radius 3 is 1.32 bits per heavy atom. The minimum Gasteiger partial charge on any atom is -0.160 e. The molecule has 19 heavy (non-hydrogen) atoms. The van der Waals surface area contributed by atoms with Gasteiger partial charge in [-0.2, -0.15) is 5.73 Å². The molecule has 1 nitrogen and oxygen atoms in total. The highest BCUT2D eigenvalue weighted by Gasteiger charge is 1.93. The Kier molecular flexibility index (Phi) is 17.1. The summed E-state index contributed by atoms with van der Waals surface area (Å²) in [6, 6.07) is 0. The van der Waals surface area contributed by atoms with E-state index in [1.807, 2.05) is 6.08 Å². The summed E-state index contributed by atoms with van der Waals surface area (Å²) >= 11 is 0. The van der Waals surface area contributed by atoms with Gasteiger partial charge in [0.2, 0.25) is 0 Å². The van der Waals surface area contributed by atoms with Gasteiger partial charge >= 0.3 is 0 Å². The molecule has 0 aliphatic heterocycles. The van der Waals surface area contributed by atoms with Crippen LogP contribution in [0.2, 0.25) is 0 Å². The average Bonchev–Trinajstić information content (AvgIpc) is 2.43. The lowest BCUT2D eigenvalue weighted by Crippen LogP contribution is -1.83. The van der Waals surface area contributed by atoms with Gasteiger partial charge in [-0.05, 0) is 12.8 Å². The summed E-state index contributed by atoms with van der Waals surface area (Å²) in [6.07, 6.45) is 23.7. The van der Waals surface area contributed by atoms with Crippen molar-refractivity contribution in [2.75, 3.05) is 0 Å². The third-order valence-corrected chi connectivity index (χ3v) is 3.83. The Morgan fingerprint density at radius 2 is 0.947 bits per heavy atom. The summed E-state index contributed by atoms with van der Waals surface area (Å²) < 4.78 is 0. The lowest BCUT2D eigenvalue weighted by molar-refractivity contribution is 0.536. The fourth-order valence-corrected chi connectivity index (χ4v) is 2.53. The Bertz CT molecular complexity index is 175. The first-order valence-corrected chi connectivity index (χ1v) is 8.71. The van der Waals surface area contributed by atoms with E-state index in [9.17, 15) is 0 Å². The Morgan fingerprint density at radius 1 is 0.579 bits per heavy atom. The molecule has 0 bridgehead atoms. The molecule has 0 unspecified atom stereocenters. The molecule has 0 rings (SSSR count). The first-order valence-electron chi connectivity index (χ1n) is 8.71. The quantitative estimate of drug-likeness (QED) is 0.304. The van der Waals surface area contributed by atoms with Crippen molar-refractivity contribution in [2.24, 2.45) is 0 Å². The highest BCUT2D eigenvalue weighted by molar-refractivity contribution is 4.74. The van der Waals surface area contributed by atoms with Crippen molar-refractivity contribution in [3.63, 3.8) is 0 Å². The van der Waals surface area contributed by atoms with E-state index >= 15 is 0 Å². The van der Waals surface area contributed by atoms with Crippen molar-refractivity contribution in [2.45, 2.75) is 103 Å². The van der Waals surface area contributed by atoms with E-state index in [0.29, 0.717) is 0 Å². The molecule has 0 aliphatic rings. The molecule has 0 aromatic carbocycles. The van der Waals surface area contributed by atoms with E-state index in [1.54, 1.807) is 0 Å². The van der Waals surface area contributed by atoms with Crippen molar-refractivity contribution >= 4 is 0 Å². The lowest BCUT2D eigenvalue weighted by Gasteiger charge is -2.02. The Labute approximate surface area is 122 Å². The molecule has 0 heterocycles. The molecule has 0 saturated carbocycles. The predicted molar refractivity (Wildman–Crippen MR) is 86.2 cm³/mol. The molecule has 0 N–H and O–H groups in total. The summed E-state index contributed by atoms with van der Waals surface area (Å²) in [6.45, 7) is 2.28. The van der Waals surface area contributed by atoms with Gasteiger partial charge in [0.05, 0.1) is 0 Å². The van der Waals surface area contributed by atoms with Crippen LogP contribution in [0.15, 0.2) is 12.3 Å². The molecule has 0 spiro atoms. The third-order valence-electron chi connectivity index (χ3n) is 3.83. The van der Waals surface area contributed by atoms with Crippen molar-refractivity contribution in [3.8, 4) is 0 Å². The van der Waals surface area contributed by atoms with Crippen LogP contribution in [0.3, 0.4) is 0 Å². The van der Waals surface area contributed by atoms with Gasteiger partial charge in [0, 0.05) is 6.20 Å². The maximum atomic E-state index is 8.49. The van der Waals surface area contributed by atoms with Crippen LogP contribution < -0.4 is 5.73 Å². The van der Waals surface area contributed by atoms with Crippen LogP contribution in [0.4, 0.5) is 0 Å². The highest BCUT2D eigenvalue weighted by Crippen LogP contribution is 2.13.